The largest absolute Gasteiger partial charge is 0.480 e. The van der Waals surface area contributed by atoms with E-state index in [-0.39, 0.29) is 5.91 Å². The Labute approximate surface area is 88.4 Å². The van der Waals surface area contributed by atoms with Gasteiger partial charge in [-0.3, -0.25) is 4.79 Å². The molecule has 0 bridgehead atoms. The SMILES string of the molecule is CCC(NC(=O)CSC(C)C)C(=O)O. The lowest BCUT2D eigenvalue weighted by atomic mass is 10.2. The number of carboxylic acid groups (broad SMARTS) is 1. The van der Waals surface area contributed by atoms with Crippen LogP contribution in [0.15, 0.2) is 0 Å². The average molecular weight is 219 g/mol. The topological polar surface area (TPSA) is 66.4 Å². The second-order valence-electron chi connectivity index (χ2n) is 3.23. The summed E-state index contributed by atoms with van der Waals surface area (Å²) in [6, 6.07) is -0.754. The highest BCUT2D eigenvalue weighted by atomic mass is 32.2. The van der Waals surface area contributed by atoms with Crippen LogP contribution in [0.2, 0.25) is 0 Å². The summed E-state index contributed by atoms with van der Waals surface area (Å²) < 4.78 is 0. The van der Waals surface area contributed by atoms with E-state index in [1.165, 1.54) is 11.8 Å². The minimum atomic E-state index is -0.976. The minimum absolute atomic E-state index is 0.210. The van der Waals surface area contributed by atoms with Gasteiger partial charge < -0.3 is 10.4 Å². The smallest absolute Gasteiger partial charge is 0.326 e. The monoisotopic (exact) mass is 219 g/mol. The van der Waals surface area contributed by atoms with E-state index in [2.05, 4.69) is 5.32 Å². The van der Waals surface area contributed by atoms with Crippen molar-refractivity contribution < 1.29 is 14.7 Å². The number of amides is 1. The van der Waals surface area contributed by atoms with Gasteiger partial charge in [0.15, 0.2) is 0 Å². The van der Waals surface area contributed by atoms with Crippen LogP contribution in [0.1, 0.15) is 27.2 Å². The van der Waals surface area contributed by atoms with Crippen molar-refractivity contribution in [3.05, 3.63) is 0 Å². The molecule has 0 rings (SSSR count). The van der Waals surface area contributed by atoms with Gasteiger partial charge in [0, 0.05) is 0 Å². The minimum Gasteiger partial charge on any atom is -0.480 e. The molecular weight excluding hydrogens is 202 g/mol. The van der Waals surface area contributed by atoms with Crippen LogP contribution < -0.4 is 5.32 Å². The lowest BCUT2D eigenvalue weighted by Gasteiger charge is -2.12. The standard InChI is InChI=1S/C9H17NO3S/c1-4-7(9(12)13)10-8(11)5-14-6(2)3/h6-7H,4-5H2,1-3H3,(H,10,11)(H,12,13). The Morgan fingerprint density at radius 1 is 1.43 bits per heavy atom. The molecule has 82 valence electrons. The number of aliphatic carboxylic acids is 1. The van der Waals surface area contributed by atoms with Gasteiger partial charge in [-0.2, -0.15) is 0 Å². The molecule has 0 saturated carbocycles. The third-order valence-electron chi connectivity index (χ3n) is 1.59. The molecule has 0 radical (unpaired) electrons. The number of thioether (sulfide) groups is 1. The van der Waals surface area contributed by atoms with Crippen LogP contribution in [0, 0.1) is 0 Å². The summed E-state index contributed by atoms with van der Waals surface area (Å²) in [4.78, 5) is 21.8. The van der Waals surface area contributed by atoms with Gasteiger partial charge in [0.25, 0.3) is 0 Å². The molecule has 0 heterocycles. The maximum absolute atomic E-state index is 11.2. The number of carboxylic acids is 1. The third-order valence-corrected chi connectivity index (χ3v) is 2.68. The number of carbonyl (C=O) groups excluding carboxylic acids is 1. The summed E-state index contributed by atoms with van der Waals surface area (Å²) in [6.45, 7) is 5.72. The second kappa shape index (κ2) is 6.70. The normalized spacial score (nSPS) is 12.6. The number of rotatable bonds is 6. The summed E-state index contributed by atoms with van der Waals surface area (Å²) in [5.41, 5.74) is 0. The summed E-state index contributed by atoms with van der Waals surface area (Å²) >= 11 is 1.50. The van der Waals surface area contributed by atoms with Crippen molar-refractivity contribution in [2.75, 3.05) is 5.75 Å². The van der Waals surface area contributed by atoms with Crippen LogP contribution in [0.5, 0.6) is 0 Å². The van der Waals surface area contributed by atoms with Crippen molar-refractivity contribution in [3.63, 3.8) is 0 Å². The Bertz CT molecular complexity index is 206. The fourth-order valence-electron chi connectivity index (χ4n) is 0.817. The summed E-state index contributed by atoms with van der Waals surface area (Å²) in [7, 11) is 0. The highest BCUT2D eigenvalue weighted by Crippen LogP contribution is 2.08. The number of carbonyl (C=O) groups is 2. The van der Waals surface area contributed by atoms with Crippen LogP contribution in [0.4, 0.5) is 0 Å². The van der Waals surface area contributed by atoms with E-state index in [9.17, 15) is 9.59 Å². The molecule has 0 aromatic heterocycles. The van der Waals surface area contributed by atoms with Crippen LogP contribution in [0.25, 0.3) is 0 Å². The molecule has 0 fully saturated rings. The molecule has 0 spiro atoms. The van der Waals surface area contributed by atoms with E-state index in [1.54, 1.807) is 6.92 Å². The lowest BCUT2D eigenvalue weighted by molar-refractivity contribution is -0.141. The van der Waals surface area contributed by atoms with Gasteiger partial charge in [0.05, 0.1) is 5.75 Å². The second-order valence-corrected chi connectivity index (χ2v) is 4.79. The predicted octanol–water partition coefficient (Wildman–Crippen LogP) is 1.11. The fourth-order valence-corrected chi connectivity index (χ4v) is 1.38. The zero-order valence-corrected chi connectivity index (χ0v) is 9.56. The van der Waals surface area contributed by atoms with Crippen molar-refractivity contribution in [2.24, 2.45) is 0 Å². The van der Waals surface area contributed by atoms with E-state index in [4.69, 9.17) is 5.11 Å². The molecule has 5 heteroatoms. The zero-order valence-electron chi connectivity index (χ0n) is 8.74. The zero-order chi connectivity index (χ0) is 11.1. The van der Waals surface area contributed by atoms with Gasteiger partial charge in [0.2, 0.25) is 5.91 Å². The summed E-state index contributed by atoms with van der Waals surface area (Å²) in [5.74, 6) is -0.866. The molecule has 0 aliphatic rings. The van der Waals surface area contributed by atoms with Crippen LogP contribution in [-0.2, 0) is 9.59 Å². The van der Waals surface area contributed by atoms with E-state index >= 15 is 0 Å². The Hall–Kier alpha value is -0.710. The molecule has 1 atom stereocenters. The third kappa shape index (κ3) is 5.85. The fraction of sp³-hybridized carbons (Fsp3) is 0.778. The summed E-state index contributed by atoms with van der Waals surface area (Å²) in [5, 5.41) is 11.5. The van der Waals surface area contributed by atoms with Gasteiger partial charge in [-0.1, -0.05) is 20.8 Å². The predicted molar refractivity (Wildman–Crippen MR) is 57.5 cm³/mol. The lowest BCUT2D eigenvalue weighted by Crippen LogP contribution is -2.41. The van der Waals surface area contributed by atoms with Crippen molar-refractivity contribution in [1.29, 1.82) is 0 Å². The van der Waals surface area contributed by atoms with Crippen molar-refractivity contribution in [3.8, 4) is 0 Å². The molecule has 14 heavy (non-hydrogen) atoms. The average Bonchev–Trinajstić information content (AvgIpc) is 2.10. The van der Waals surface area contributed by atoms with Crippen LogP contribution >= 0.6 is 11.8 Å². The molecule has 0 aromatic rings. The van der Waals surface area contributed by atoms with Gasteiger partial charge in [-0.25, -0.2) is 4.79 Å². The highest BCUT2D eigenvalue weighted by Gasteiger charge is 2.17. The van der Waals surface area contributed by atoms with E-state index in [1.807, 2.05) is 13.8 Å². The first-order valence-electron chi connectivity index (χ1n) is 4.61. The van der Waals surface area contributed by atoms with Crippen molar-refractivity contribution in [2.45, 2.75) is 38.5 Å². The first-order valence-corrected chi connectivity index (χ1v) is 5.66. The van der Waals surface area contributed by atoms with E-state index in [0.717, 1.165) is 0 Å². The molecule has 0 aliphatic heterocycles. The van der Waals surface area contributed by atoms with Crippen molar-refractivity contribution in [1.82, 2.24) is 5.32 Å². The molecule has 1 amide bonds. The Balaban J connectivity index is 3.85. The Kier molecular flexibility index (Phi) is 6.36. The van der Waals surface area contributed by atoms with Gasteiger partial charge in [-0.15, -0.1) is 11.8 Å². The van der Waals surface area contributed by atoms with Crippen molar-refractivity contribution >= 4 is 23.6 Å². The number of hydrogen-bond acceptors (Lipinski definition) is 3. The quantitative estimate of drug-likeness (QED) is 0.702. The maximum atomic E-state index is 11.2. The first-order chi connectivity index (χ1) is 6.47. The Morgan fingerprint density at radius 3 is 2.36 bits per heavy atom. The van der Waals surface area contributed by atoms with E-state index < -0.39 is 12.0 Å². The van der Waals surface area contributed by atoms with Gasteiger partial charge in [0.1, 0.15) is 6.04 Å². The molecule has 2 N–H and O–H groups in total. The van der Waals surface area contributed by atoms with Gasteiger partial charge >= 0.3 is 5.97 Å². The molecule has 0 saturated heterocycles. The Morgan fingerprint density at radius 2 is 2.00 bits per heavy atom. The first kappa shape index (κ1) is 13.3. The molecule has 1 unspecified atom stereocenters. The molecular formula is C9H17NO3S. The molecule has 4 nitrogen and oxygen atoms in total. The van der Waals surface area contributed by atoms with Gasteiger partial charge in [-0.05, 0) is 11.7 Å². The summed E-state index contributed by atoms with van der Waals surface area (Å²) in [6.07, 6.45) is 0.410. The van der Waals surface area contributed by atoms with E-state index in [0.29, 0.717) is 17.4 Å². The maximum Gasteiger partial charge on any atom is 0.326 e. The molecule has 0 aromatic carbocycles. The van der Waals surface area contributed by atoms with Crippen LogP contribution in [0.3, 0.4) is 0 Å². The van der Waals surface area contributed by atoms with Crippen LogP contribution in [-0.4, -0.2) is 34.0 Å². The molecule has 0 aliphatic carbocycles. The highest BCUT2D eigenvalue weighted by molar-refractivity contribution is 8.00. The number of hydrogen-bond donors (Lipinski definition) is 2. The number of nitrogens with one attached hydrogen (secondary N) is 1.